The highest BCUT2D eigenvalue weighted by atomic mass is 35.5. The summed E-state index contributed by atoms with van der Waals surface area (Å²) in [6, 6.07) is 15.1. The molecule has 0 saturated carbocycles. The molecular formula is C22H28ClN3O3S. The first-order valence-corrected chi connectivity index (χ1v) is 12.3. The third kappa shape index (κ3) is 5.34. The molecule has 30 heavy (non-hydrogen) atoms. The zero-order valence-electron chi connectivity index (χ0n) is 16.9. The van der Waals surface area contributed by atoms with E-state index >= 15 is 0 Å². The largest absolute Gasteiger partial charge is 0.492 e. The average Bonchev–Trinajstić information content (AvgIpc) is 2.70. The Morgan fingerprint density at radius 1 is 1.13 bits per heavy atom. The third-order valence-corrected chi connectivity index (χ3v) is 8.11. The van der Waals surface area contributed by atoms with Crippen molar-refractivity contribution < 1.29 is 13.2 Å². The normalized spacial score (nSPS) is 20.6. The molecule has 0 spiro atoms. The number of sulfone groups is 1. The molecule has 162 valence electrons. The maximum atomic E-state index is 12.4. The lowest BCUT2D eigenvalue weighted by Gasteiger charge is -2.33. The number of rotatable bonds is 8. The average molecular weight is 450 g/mol. The SMILES string of the molecule is O=S(=O)(c1ccc(OCC2CN(CCc3cccc(Cl)c3)CCN2)cc1)C1CNC1. The summed E-state index contributed by atoms with van der Waals surface area (Å²) in [5.74, 6) is 0.693. The zero-order chi connectivity index (χ0) is 21.0. The zero-order valence-corrected chi connectivity index (χ0v) is 18.5. The number of halogens is 1. The Morgan fingerprint density at radius 2 is 1.93 bits per heavy atom. The molecule has 6 nitrogen and oxygen atoms in total. The van der Waals surface area contributed by atoms with E-state index in [4.69, 9.17) is 16.3 Å². The summed E-state index contributed by atoms with van der Waals surface area (Å²) in [7, 11) is -3.24. The monoisotopic (exact) mass is 449 g/mol. The number of benzene rings is 2. The van der Waals surface area contributed by atoms with Crippen LogP contribution in [0.5, 0.6) is 5.75 Å². The molecule has 4 rings (SSSR count). The molecule has 0 radical (unpaired) electrons. The lowest BCUT2D eigenvalue weighted by Crippen LogP contribution is -2.53. The summed E-state index contributed by atoms with van der Waals surface area (Å²) in [6.45, 7) is 5.45. The van der Waals surface area contributed by atoms with Crippen molar-refractivity contribution in [1.29, 1.82) is 0 Å². The van der Waals surface area contributed by atoms with E-state index in [1.54, 1.807) is 24.3 Å². The molecule has 2 fully saturated rings. The van der Waals surface area contributed by atoms with Crippen LogP contribution in [0.3, 0.4) is 0 Å². The van der Waals surface area contributed by atoms with Gasteiger partial charge in [-0.15, -0.1) is 0 Å². The Bertz CT molecular complexity index is 948. The Labute approximate surface area is 183 Å². The molecule has 8 heteroatoms. The minimum absolute atomic E-state index is 0.238. The van der Waals surface area contributed by atoms with Crippen LogP contribution in [0.4, 0.5) is 0 Å². The number of hydrogen-bond acceptors (Lipinski definition) is 6. The van der Waals surface area contributed by atoms with Crippen molar-refractivity contribution in [3.8, 4) is 5.75 Å². The first-order valence-electron chi connectivity index (χ1n) is 10.4. The predicted molar refractivity (Wildman–Crippen MR) is 119 cm³/mol. The van der Waals surface area contributed by atoms with Gasteiger partial charge in [0.2, 0.25) is 0 Å². The summed E-state index contributed by atoms with van der Waals surface area (Å²) < 4.78 is 30.8. The van der Waals surface area contributed by atoms with Gasteiger partial charge in [-0.25, -0.2) is 8.42 Å². The summed E-state index contributed by atoms with van der Waals surface area (Å²) in [5.41, 5.74) is 1.25. The minimum atomic E-state index is -3.24. The Hall–Kier alpha value is -1.64. The Kier molecular flexibility index (Phi) is 6.95. The van der Waals surface area contributed by atoms with Crippen LogP contribution in [0.2, 0.25) is 5.02 Å². The number of nitrogens with one attached hydrogen (secondary N) is 2. The van der Waals surface area contributed by atoms with Crippen LogP contribution in [-0.4, -0.2) is 70.5 Å². The fourth-order valence-electron chi connectivity index (χ4n) is 3.79. The van der Waals surface area contributed by atoms with Crippen LogP contribution < -0.4 is 15.4 Å². The van der Waals surface area contributed by atoms with Crippen molar-refractivity contribution in [3.63, 3.8) is 0 Å². The summed E-state index contributed by atoms with van der Waals surface area (Å²) in [6.07, 6.45) is 0.973. The molecular weight excluding hydrogens is 422 g/mol. The minimum Gasteiger partial charge on any atom is -0.492 e. The van der Waals surface area contributed by atoms with Crippen molar-refractivity contribution >= 4 is 21.4 Å². The lowest BCUT2D eigenvalue weighted by atomic mass is 10.1. The highest BCUT2D eigenvalue weighted by Crippen LogP contribution is 2.22. The maximum Gasteiger partial charge on any atom is 0.183 e. The van der Waals surface area contributed by atoms with Gasteiger partial charge in [0.05, 0.1) is 16.2 Å². The fraction of sp³-hybridized carbons (Fsp3) is 0.455. The van der Waals surface area contributed by atoms with Crippen LogP contribution in [0.1, 0.15) is 5.56 Å². The topological polar surface area (TPSA) is 70.7 Å². The molecule has 2 aliphatic heterocycles. The lowest BCUT2D eigenvalue weighted by molar-refractivity contribution is 0.159. The van der Waals surface area contributed by atoms with E-state index in [1.807, 2.05) is 18.2 Å². The number of ether oxygens (including phenoxy) is 1. The predicted octanol–water partition coefficient (Wildman–Crippen LogP) is 1.98. The number of hydrogen-bond donors (Lipinski definition) is 2. The van der Waals surface area contributed by atoms with Gasteiger partial charge in [-0.05, 0) is 48.4 Å². The van der Waals surface area contributed by atoms with Crippen LogP contribution in [0.15, 0.2) is 53.4 Å². The molecule has 0 aliphatic carbocycles. The van der Waals surface area contributed by atoms with Gasteiger partial charge < -0.3 is 20.3 Å². The molecule has 2 saturated heterocycles. The molecule has 2 heterocycles. The van der Waals surface area contributed by atoms with E-state index < -0.39 is 9.84 Å². The molecule has 2 aromatic rings. The first kappa shape index (κ1) is 21.6. The fourth-order valence-corrected chi connectivity index (χ4v) is 5.57. The highest BCUT2D eigenvalue weighted by molar-refractivity contribution is 7.92. The van der Waals surface area contributed by atoms with Crippen molar-refractivity contribution in [3.05, 3.63) is 59.1 Å². The second-order valence-electron chi connectivity index (χ2n) is 7.94. The van der Waals surface area contributed by atoms with E-state index in [0.717, 1.165) is 37.6 Å². The van der Waals surface area contributed by atoms with Crippen LogP contribution in [0, 0.1) is 0 Å². The standard InChI is InChI=1S/C22H28ClN3O3S/c23-18-3-1-2-17(12-18)8-10-26-11-9-25-19(15-26)16-29-20-4-6-21(7-5-20)30(27,28)22-13-24-14-22/h1-7,12,19,22,24-25H,8-11,13-16H2. The molecule has 0 amide bonds. The molecule has 1 unspecified atom stereocenters. The van der Waals surface area contributed by atoms with Crippen LogP contribution >= 0.6 is 11.6 Å². The molecule has 2 aromatic carbocycles. The van der Waals surface area contributed by atoms with Gasteiger partial charge in [-0.1, -0.05) is 23.7 Å². The third-order valence-electron chi connectivity index (χ3n) is 5.73. The first-order chi connectivity index (χ1) is 14.5. The second kappa shape index (κ2) is 9.66. The van der Waals surface area contributed by atoms with E-state index in [0.29, 0.717) is 30.3 Å². The van der Waals surface area contributed by atoms with Gasteiger partial charge in [0.15, 0.2) is 9.84 Å². The van der Waals surface area contributed by atoms with Crippen LogP contribution in [0.25, 0.3) is 0 Å². The van der Waals surface area contributed by atoms with Crippen molar-refractivity contribution in [2.45, 2.75) is 22.6 Å². The van der Waals surface area contributed by atoms with E-state index in [-0.39, 0.29) is 11.3 Å². The maximum absolute atomic E-state index is 12.4. The van der Waals surface area contributed by atoms with Gasteiger partial charge in [-0.3, -0.25) is 0 Å². The van der Waals surface area contributed by atoms with Gasteiger partial charge in [0.1, 0.15) is 12.4 Å². The number of piperazine rings is 1. The summed E-state index contributed by atoms with van der Waals surface area (Å²) in [5, 5.41) is 6.98. The van der Waals surface area contributed by atoms with Crippen molar-refractivity contribution in [1.82, 2.24) is 15.5 Å². The highest BCUT2D eigenvalue weighted by Gasteiger charge is 2.32. The van der Waals surface area contributed by atoms with Crippen molar-refractivity contribution in [2.24, 2.45) is 0 Å². The second-order valence-corrected chi connectivity index (χ2v) is 10.6. The quantitative estimate of drug-likeness (QED) is 0.642. The van der Waals surface area contributed by atoms with E-state index in [9.17, 15) is 8.42 Å². The molecule has 1 atom stereocenters. The summed E-state index contributed by atoms with van der Waals surface area (Å²) in [4.78, 5) is 2.80. The smallest absolute Gasteiger partial charge is 0.183 e. The van der Waals surface area contributed by atoms with E-state index in [2.05, 4.69) is 21.6 Å². The van der Waals surface area contributed by atoms with E-state index in [1.165, 1.54) is 5.56 Å². The van der Waals surface area contributed by atoms with Gasteiger partial charge in [0.25, 0.3) is 0 Å². The van der Waals surface area contributed by atoms with Gasteiger partial charge >= 0.3 is 0 Å². The molecule has 0 aromatic heterocycles. The van der Waals surface area contributed by atoms with Crippen LogP contribution in [-0.2, 0) is 16.3 Å². The molecule has 2 aliphatic rings. The van der Waals surface area contributed by atoms with Crippen molar-refractivity contribution in [2.75, 3.05) is 45.9 Å². The molecule has 2 N–H and O–H groups in total. The number of nitrogens with zero attached hydrogens (tertiary/aromatic N) is 1. The Morgan fingerprint density at radius 3 is 2.63 bits per heavy atom. The Balaban J connectivity index is 1.25. The summed E-state index contributed by atoms with van der Waals surface area (Å²) >= 11 is 6.07. The molecule has 0 bridgehead atoms. The van der Waals surface area contributed by atoms with Gasteiger partial charge in [0, 0.05) is 44.3 Å². The van der Waals surface area contributed by atoms with Gasteiger partial charge in [-0.2, -0.15) is 0 Å².